The maximum atomic E-state index is 12.0. The molecular formula is C13H10ClNO5S. The zero-order chi connectivity index (χ0) is 15.5. The minimum atomic E-state index is -4.01. The Labute approximate surface area is 126 Å². The molecule has 110 valence electrons. The van der Waals surface area contributed by atoms with Gasteiger partial charge in [0.25, 0.3) is 0 Å². The predicted octanol–water partition coefficient (Wildman–Crippen LogP) is 2.29. The molecule has 0 spiro atoms. The highest BCUT2D eigenvalue weighted by molar-refractivity contribution is 7.87. The van der Waals surface area contributed by atoms with Crippen LogP contribution in [0, 0.1) is 0 Å². The summed E-state index contributed by atoms with van der Waals surface area (Å²) in [5, 5.41) is 0.177. The third kappa shape index (κ3) is 3.71. The molecule has 0 bridgehead atoms. The third-order valence-corrected chi connectivity index (χ3v) is 3.92. The molecule has 0 aliphatic carbocycles. The van der Waals surface area contributed by atoms with Gasteiger partial charge in [0, 0.05) is 0 Å². The Hall–Kier alpha value is -2.12. The number of nitrogens with zero attached hydrogens (tertiary/aromatic N) is 1. The van der Waals surface area contributed by atoms with Crippen molar-refractivity contribution in [2.75, 3.05) is 7.11 Å². The first kappa shape index (κ1) is 15.3. The van der Waals surface area contributed by atoms with Crippen molar-refractivity contribution in [2.24, 2.45) is 0 Å². The Kier molecular flexibility index (Phi) is 4.44. The summed E-state index contributed by atoms with van der Waals surface area (Å²) in [6.07, 6.45) is 1.10. The number of esters is 1. The fourth-order valence-electron chi connectivity index (χ4n) is 1.45. The first-order chi connectivity index (χ1) is 9.92. The molecule has 1 heterocycles. The molecule has 0 radical (unpaired) electrons. The average Bonchev–Trinajstić information content (AvgIpc) is 2.47. The van der Waals surface area contributed by atoms with Gasteiger partial charge in [0.15, 0.2) is 0 Å². The van der Waals surface area contributed by atoms with Gasteiger partial charge in [-0.15, -0.1) is 0 Å². The summed E-state index contributed by atoms with van der Waals surface area (Å²) < 4.78 is 33.5. The topological polar surface area (TPSA) is 82.6 Å². The Morgan fingerprint density at radius 1 is 1.14 bits per heavy atom. The smallest absolute Gasteiger partial charge is 0.340 e. The van der Waals surface area contributed by atoms with E-state index in [9.17, 15) is 13.2 Å². The van der Waals surface area contributed by atoms with Crippen LogP contribution < -0.4 is 4.18 Å². The lowest BCUT2D eigenvalue weighted by atomic mass is 10.2. The number of halogens is 1. The second kappa shape index (κ2) is 6.11. The van der Waals surface area contributed by atoms with Crippen molar-refractivity contribution >= 4 is 27.7 Å². The molecule has 0 unspecified atom stereocenters. The van der Waals surface area contributed by atoms with Crippen LogP contribution in [-0.2, 0) is 14.9 Å². The molecule has 8 heteroatoms. The number of carbonyl (C=O) groups excluding carboxylic acids is 1. The predicted molar refractivity (Wildman–Crippen MR) is 74.8 cm³/mol. The molecule has 1 aromatic heterocycles. The van der Waals surface area contributed by atoms with Crippen LogP contribution >= 0.6 is 11.6 Å². The van der Waals surface area contributed by atoms with E-state index in [0.29, 0.717) is 0 Å². The van der Waals surface area contributed by atoms with Crippen LogP contribution in [0.5, 0.6) is 5.75 Å². The number of methoxy groups -OCH3 is 1. The fraction of sp³-hybridized carbons (Fsp3) is 0.0769. The first-order valence-electron chi connectivity index (χ1n) is 5.67. The Bertz CT molecular complexity index is 741. The summed E-state index contributed by atoms with van der Waals surface area (Å²) in [4.78, 5) is 14.8. The second-order valence-electron chi connectivity index (χ2n) is 3.87. The van der Waals surface area contributed by atoms with Crippen LogP contribution in [0.3, 0.4) is 0 Å². The van der Waals surface area contributed by atoms with Crippen molar-refractivity contribution in [3.8, 4) is 5.75 Å². The minimum absolute atomic E-state index is 0.0672. The van der Waals surface area contributed by atoms with Gasteiger partial charge >= 0.3 is 16.1 Å². The molecule has 2 aromatic rings. The summed E-state index contributed by atoms with van der Waals surface area (Å²) >= 11 is 5.59. The van der Waals surface area contributed by atoms with E-state index in [4.69, 9.17) is 15.8 Å². The van der Waals surface area contributed by atoms with Gasteiger partial charge in [-0.1, -0.05) is 11.6 Å². The maximum Gasteiger partial charge on any atom is 0.340 e. The van der Waals surface area contributed by atoms with Crippen LogP contribution in [0.4, 0.5) is 0 Å². The quantitative estimate of drug-likeness (QED) is 0.487. The number of rotatable bonds is 4. The summed E-state index contributed by atoms with van der Waals surface area (Å²) in [5.41, 5.74) is 0.287. The highest BCUT2D eigenvalue weighted by atomic mass is 35.5. The molecule has 1 aromatic carbocycles. The van der Waals surface area contributed by atoms with Gasteiger partial charge in [-0.25, -0.2) is 9.78 Å². The molecule has 21 heavy (non-hydrogen) atoms. The van der Waals surface area contributed by atoms with Gasteiger partial charge in [-0.05, 0) is 36.4 Å². The van der Waals surface area contributed by atoms with Crippen molar-refractivity contribution in [1.29, 1.82) is 0 Å². The second-order valence-corrected chi connectivity index (χ2v) is 5.80. The van der Waals surface area contributed by atoms with Gasteiger partial charge in [0.2, 0.25) is 0 Å². The summed E-state index contributed by atoms with van der Waals surface area (Å²) in [6.45, 7) is 0. The third-order valence-electron chi connectivity index (χ3n) is 2.47. The van der Waals surface area contributed by atoms with Crippen LogP contribution in [0.15, 0.2) is 47.5 Å². The number of aromatic nitrogens is 1. The van der Waals surface area contributed by atoms with E-state index in [2.05, 4.69) is 9.72 Å². The molecule has 0 saturated heterocycles. The Morgan fingerprint density at radius 2 is 1.81 bits per heavy atom. The van der Waals surface area contributed by atoms with Gasteiger partial charge in [-0.3, -0.25) is 0 Å². The van der Waals surface area contributed by atoms with Crippen molar-refractivity contribution in [3.05, 3.63) is 53.3 Å². The molecular weight excluding hydrogens is 318 g/mol. The van der Waals surface area contributed by atoms with Crippen molar-refractivity contribution in [3.63, 3.8) is 0 Å². The molecule has 0 fully saturated rings. The van der Waals surface area contributed by atoms with Gasteiger partial charge < -0.3 is 8.92 Å². The molecule has 0 aliphatic heterocycles. The highest BCUT2D eigenvalue weighted by Gasteiger charge is 2.17. The molecule has 2 rings (SSSR count). The van der Waals surface area contributed by atoms with Gasteiger partial charge in [-0.2, -0.15) is 8.42 Å². The number of pyridine rings is 1. The molecule has 0 atom stereocenters. The number of carbonyl (C=O) groups is 1. The van der Waals surface area contributed by atoms with Gasteiger partial charge in [0.1, 0.15) is 15.8 Å². The molecule has 0 saturated carbocycles. The fourth-order valence-corrected chi connectivity index (χ4v) is 2.44. The number of hydrogen-bond donors (Lipinski definition) is 0. The summed E-state index contributed by atoms with van der Waals surface area (Å²) in [7, 11) is -2.75. The Balaban J connectivity index is 2.20. The lowest BCUT2D eigenvalue weighted by Crippen LogP contribution is -2.10. The monoisotopic (exact) mass is 327 g/mol. The van der Waals surface area contributed by atoms with Crippen LogP contribution in [-0.4, -0.2) is 26.5 Å². The highest BCUT2D eigenvalue weighted by Crippen LogP contribution is 2.19. The van der Waals surface area contributed by atoms with E-state index in [1.54, 1.807) is 0 Å². The molecule has 0 aliphatic rings. The van der Waals surface area contributed by atoms with E-state index in [0.717, 1.165) is 6.20 Å². The normalized spacial score (nSPS) is 11.0. The van der Waals surface area contributed by atoms with Crippen molar-refractivity contribution in [1.82, 2.24) is 4.98 Å². The molecule has 0 N–H and O–H groups in total. The lowest BCUT2D eigenvalue weighted by molar-refractivity contribution is 0.0600. The summed E-state index contributed by atoms with van der Waals surface area (Å²) in [6, 6.07) is 8.14. The zero-order valence-corrected chi connectivity index (χ0v) is 12.4. The van der Waals surface area contributed by atoms with E-state index >= 15 is 0 Å². The zero-order valence-electron chi connectivity index (χ0n) is 10.8. The van der Waals surface area contributed by atoms with E-state index in [1.807, 2.05) is 0 Å². The molecule has 6 nitrogen and oxygen atoms in total. The first-order valence-corrected chi connectivity index (χ1v) is 7.45. The van der Waals surface area contributed by atoms with E-state index < -0.39 is 16.1 Å². The van der Waals surface area contributed by atoms with Crippen LogP contribution in [0.2, 0.25) is 5.15 Å². The molecule has 0 amide bonds. The van der Waals surface area contributed by atoms with Crippen molar-refractivity contribution < 1.29 is 22.1 Å². The average molecular weight is 328 g/mol. The Morgan fingerprint density at radius 3 is 2.33 bits per heavy atom. The minimum Gasteiger partial charge on any atom is -0.465 e. The van der Waals surface area contributed by atoms with Gasteiger partial charge in [0.05, 0.1) is 18.9 Å². The largest absolute Gasteiger partial charge is 0.465 e. The number of benzene rings is 1. The standard InChI is InChI=1S/C13H10ClNO5S/c1-19-13(16)9-2-4-10(5-3-9)20-21(17,18)11-6-7-12(14)15-8-11/h2-8H,1H3. The SMILES string of the molecule is COC(=O)c1ccc(OS(=O)(=O)c2ccc(Cl)nc2)cc1. The lowest BCUT2D eigenvalue weighted by Gasteiger charge is -2.07. The van der Waals surface area contributed by atoms with E-state index in [-0.39, 0.29) is 21.4 Å². The number of ether oxygens (including phenoxy) is 1. The van der Waals surface area contributed by atoms with E-state index in [1.165, 1.54) is 43.5 Å². The van der Waals surface area contributed by atoms with Crippen LogP contribution in [0.25, 0.3) is 0 Å². The van der Waals surface area contributed by atoms with Crippen LogP contribution in [0.1, 0.15) is 10.4 Å². The summed E-state index contributed by atoms with van der Waals surface area (Å²) in [5.74, 6) is -0.455. The maximum absolute atomic E-state index is 12.0. The number of hydrogen-bond acceptors (Lipinski definition) is 6. The van der Waals surface area contributed by atoms with Crippen molar-refractivity contribution in [2.45, 2.75) is 4.90 Å².